The Morgan fingerprint density at radius 3 is 2.33 bits per heavy atom. The average Bonchev–Trinajstić information content (AvgIpc) is 2.73. The molecule has 27 heavy (non-hydrogen) atoms. The molecule has 0 aliphatic heterocycles. The summed E-state index contributed by atoms with van der Waals surface area (Å²) in [4.78, 5) is 15.8. The molecular formula is C22H19N3O2. The summed E-state index contributed by atoms with van der Waals surface area (Å²) < 4.78 is 5.46. The van der Waals surface area contributed by atoms with Gasteiger partial charge >= 0.3 is 0 Å². The topological polar surface area (TPSA) is 63.6 Å². The smallest absolute Gasteiger partial charge is 0.277 e. The Morgan fingerprint density at radius 2 is 1.63 bits per heavy atom. The number of ether oxygens (including phenoxy) is 1. The molecule has 0 aliphatic carbocycles. The molecule has 134 valence electrons. The Morgan fingerprint density at radius 1 is 0.926 bits per heavy atom. The monoisotopic (exact) mass is 357 g/mol. The highest BCUT2D eigenvalue weighted by atomic mass is 16.5. The number of hydrogen-bond donors (Lipinski definition) is 1. The Kier molecular flexibility index (Phi) is 6.48. The van der Waals surface area contributed by atoms with Crippen molar-refractivity contribution in [1.82, 2.24) is 10.4 Å². The number of aromatic nitrogens is 1. The van der Waals surface area contributed by atoms with Gasteiger partial charge in [0.1, 0.15) is 5.75 Å². The lowest BCUT2D eigenvalue weighted by atomic mass is 10.1. The third-order valence-corrected chi connectivity index (χ3v) is 3.59. The van der Waals surface area contributed by atoms with Gasteiger partial charge in [-0.3, -0.25) is 9.78 Å². The van der Waals surface area contributed by atoms with Gasteiger partial charge in [0.2, 0.25) is 0 Å². The third-order valence-electron chi connectivity index (χ3n) is 3.59. The van der Waals surface area contributed by atoms with Gasteiger partial charge in [0.05, 0.1) is 11.9 Å². The predicted molar refractivity (Wildman–Crippen MR) is 107 cm³/mol. The Bertz CT molecular complexity index is 905. The summed E-state index contributed by atoms with van der Waals surface area (Å²) in [6.07, 6.45) is 7.21. The zero-order valence-electron chi connectivity index (χ0n) is 14.7. The van der Waals surface area contributed by atoms with E-state index in [-0.39, 0.29) is 12.5 Å². The number of carbonyl (C=O) groups is 1. The zero-order valence-corrected chi connectivity index (χ0v) is 14.7. The summed E-state index contributed by atoms with van der Waals surface area (Å²) in [5, 5.41) is 3.84. The van der Waals surface area contributed by atoms with Gasteiger partial charge in [-0.25, -0.2) is 5.43 Å². The van der Waals surface area contributed by atoms with E-state index in [4.69, 9.17) is 4.74 Å². The maximum Gasteiger partial charge on any atom is 0.277 e. The van der Waals surface area contributed by atoms with Crippen molar-refractivity contribution in [2.24, 2.45) is 5.10 Å². The molecule has 5 heteroatoms. The van der Waals surface area contributed by atoms with Gasteiger partial charge < -0.3 is 4.74 Å². The fraction of sp³-hybridized carbons (Fsp3) is 0.0455. The molecule has 1 heterocycles. The van der Waals surface area contributed by atoms with E-state index in [1.54, 1.807) is 12.3 Å². The van der Waals surface area contributed by atoms with Crippen LogP contribution in [0.5, 0.6) is 5.75 Å². The van der Waals surface area contributed by atoms with E-state index in [2.05, 4.69) is 15.5 Å². The molecule has 1 aromatic heterocycles. The molecule has 0 fully saturated rings. The molecule has 3 rings (SSSR count). The van der Waals surface area contributed by atoms with E-state index in [9.17, 15) is 4.79 Å². The molecule has 0 atom stereocenters. The molecular weight excluding hydrogens is 338 g/mol. The van der Waals surface area contributed by atoms with E-state index in [1.807, 2.05) is 78.9 Å². The van der Waals surface area contributed by atoms with Gasteiger partial charge in [-0.15, -0.1) is 0 Å². The van der Waals surface area contributed by atoms with Crippen molar-refractivity contribution >= 4 is 24.3 Å². The van der Waals surface area contributed by atoms with Crippen LogP contribution in [0.3, 0.4) is 0 Å². The molecule has 0 saturated heterocycles. The van der Waals surface area contributed by atoms with E-state index < -0.39 is 0 Å². The van der Waals surface area contributed by atoms with Crippen LogP contribution >= 0.6 is 0 Å². The summed E-state index contributed by atoms with van der Waals surface area (Å²) >= 11 is 0. The number of nitrogens with one attached hydrogen (secondary N) is 1. The predicted octanol–water partition coefficient (Wildman–Crippen LogP) is 3.78. The molecule has 0 unspecified atom stereocenters. The van der Waals surface area contributed by atoms with Gasteiger partial charge in [-0.2, -0.15) is 5.10 Å². The van der Waals surface area contributed by atoms with Crippen molar-refractivity contribution in [3.8, 4) is 5.75 Å². The minimum Gasteiger partial charge on any atom is -0.484 e. The summed E-state index contributed by atoms with van der Waals surface area (Å²) in [5.41, 5.74) is 5.26. The van der Waals surface area contributed by atoms with Crippen LogP contribution < -0.4 is 10.2 Å². The molecule has 0 radical (unpaired) electrons. The number of rotatable bonds is 7. The van der Waals surface area contributed by atoms with E-state index in [0.717, 1.165) is 11.1 Å². The summed E-state index contributed by atoms with van der Waals surface area (Å²) in [6.45, 7) is -0.112. The second-order valence-electron chi connectivity index (χ2n) is 5.65. The van der Waals surface area contributed by atoms with Crippen LogP contribution in [0.4, 0.5) is 0 Å². The van der Waals surface area contributed by atoms with Crippen molar-refractivity contribution in [3.63, 3.8) is 0 Å². The van der Waals surface area contributed by atoms with Crippen molar-refractivity contribution < 1.29 is 9.53 Å². The fourth-order valence-corrected chi connectivity index (χ4v) is 2.24. The molecule has 3 aromatic rings. The van der Waals surface area contributed by atoms with Crippen molar-refractivity contribution in [3.05, 3.63) is 95.8 Å². The molecule has 5 nitrogen and oxygen atoms in total. The van der Waals surface area contributed by atoms with Gasteiger partial charge in [0, 0.05) is 6.20 Å². The average molecular weight is 357 g/mol. The SMILES string of the molecule is O=C(COc1ccc(/C=C/c2ccccc2)cc1)N/N=C/c1ccccn1. The maximum absolute atomic E-state index is 11.8. The summed E-state index contributed by atoms with van der Waals surface area (Å²) in [5.74, 6) is 0.283. The number of nitrogens with zero attached hydrogens (tertiary/aromatic N) is 2. The molecule has 0 bridgehead atoms. The highest BCUT2D eigenvalue weighted by Crippen LogP contribution is 2.14. The van der Waals surface area contributed by atoms with Gasteiger partial charge in [-0.05, 0) is 35.4 Å². The molecule has 0 saturated carbocycles. The van der Waals surface area contributed by atoms with Crippen LogP contribution in [0.2, 0.25) is 0 Å². The van der Waals surface area contributed by atoms with E-state index in [0.29, 0.717) is 11.4 Å². The van der Waals surface area contributed by atoms with Crippen LogP contribution in [0, 0.1) is 0 Å². The van der Waals surface area contributed by atoms with Crippen LogP contribution in [0.1, 0.15) is 16.8 Å². The standard InChI is InChI=1S/C22H19N3O2/c26-22(25-24-16-20-8-4-5-15-23-20)17-27-21-13-11-19(12-14-21)10-9-18-6-2-1-3-7-18/h1-16H,17H2,(H,25,26)/b10-9+,24-16+. The lowest BCUT2D eigenvalue weighted by Crippen LogP contribution is -2.24. The van der Waals surface area contributed by atoms with Crippen molar-refractivity contribution in [2.45, 2.75) is 0 Å². The fourth-order valence-electron chi connectivity index (χ4n) is 2.24. The molecule has 0 aliphatic rings. The maximum atomic E-state index is 11.8. The number of benzene rings is 2. The second kappa shape index (κ2) is 9.68. The minimum absolute atomic E-state index is 0.112. The minimum atomic E-state index is -0.338. The number of amides is 1. The Labute approximate surface area is 158 Å². The number of hydrogen-bond acceptors (Lipinski definition) is 4. The Hall–Kier alpha value is -3.73. The lowest BCUT2D eigenvalue weighted by Gasteiger charge is -2.05. The number of pyridine rings is 1. The highest BCUT2D eigenvalue weighted by Gasteiger charge is 2.01. The number of hydrazone groups is 1. The van der Waals surface area contributed by atoms with Crippen LogP contribution in [0.25, 0.3) is 12.2 Å². The molecule has 2 aromatic carbocycles. The summed E-state index contributed by atoms with van der Waals surface area (Å²) in [7, 11) is 0. The van der Waals surface area contributed by atoms with Crippen molar-refractivity contribution in [2.75, 3.05) is 6.61 Å². The second-order valence-corrected chi connectivity index (χ2v) is 5.65. The first-order valence-electron chi connectivity index (χ1n) is 8.48. The quantitative estimate of drug-likeness (QED) is 0.398. The summed E-state index contributed by atoms with van der Waals surface area (Å²) in [6, 6.07) is 23.1. The van der Waals surface area contributed by atoms with E-state index >= 15 is 0 Å². The lowest BCUT2D eigenvalue weighted by molar-refractivity contribution is -0.123. The van der Waals surface area contributed by atoms with Gasteiger partial charge in [0.25, 0.3) is 5.91 Å². The third kappa shape index (κ3) is 6.25. The molecule has 1 amide bonds. The highest BCUT2D eigenvalue weighted by molar-refractivity contribution is 5.81. The Balaban J connectivity index is 1.45. The normalized spacial score (nSPS) is 11.0. The van der Waals surface area contributed by atoms with Gasteiger partial charge in [-0.1, -0.05) is 60.7 Å². The zero-order chi connectivity index (χ0) is 18.7. The first-order valence-corrected chi connectivity index (χ1v) is 8.48. The largest absolute Gasteiger partial charge is 0.484 e. The van der Waals surface area contributed by atoms with Gasteiger partial charge in [0.15, 0.2) is 6.61 Å². The van der Waals surface area contributed by atoms with Crippen LogP contribution in [-0.2, 0) is 4.79 Å². The first-order chi connectivity index (χ1) is 13.3. The van der Waals surface area contributed by atoms with Crippen LogP contribution in [-0.4, -0.2) is 23.7 Å². The molecule has 1 N–H and O–H groups in total. The van der Waals surface area contributed by atoms with Crippen LogP contribution in [0.15, 0.2) is 84.1 Å². The van der Waals surface area contributed by atoms with Crippen molar-refractivity contribution in [1.29, 1.82) is 0 Å². The van der Waals surface area contributed by atoms with E-state index in [1.165, 1.54) is 6.21 Å². The first kappa shape index (κ1) is 18.1. The molecule has 0 spiro atoms. The number of carbonyl (C=O) groups excluding carboxylic acids is 1.